The number of urea groups is 1. The summed E-state index contributed by atoms with van der Waals surface area (Å²) in [6.07, 6.45) is 0. The minimum atomic E-state index is -0.933. The van der Waals surface area contributed by atoms with Crippen LogP contribution in [-0.2, 0) is 14.3 Å². The van der Waals surface area contributed by atoms with E-state index in [4.69, 9.17) is 10.5 Å². The highest BCUT2D eigenvalue weighted by Crippen LogP contribution is 2.20. The molecule has 0 spiro atoms. The molecule has 0 saturated carbocycles. The molecule has 0 atom stereocenters. The molecule has 0 aliphatic heterocycles. The van der Waals surface area contributed by atoms with Gasteiger partial charge in [0.25, 0.3) is 0 Å². The molecule has 0 unspecified atom stereocenters. The first-order valence-corrected chi connectivity index (χ1v) is 6.41. The Morgan fingerprint density at radius 3 is 2.45 bits per heavy atom. The minimum Gasteiger partial charge on any atom is -0.464 e. The third-order valence-electron chi connectivity index (χ3n) is 2.81. The smallest absolute Gasteiger partial charge is 0.359 e. The van der Waals surface area contributed by atoms with Crippen molar-refractivity contribution in [3.63, 3.8) is 0 Å². The Hall–Kier alpha value is -2.84. The number of aromatic amines is 1. The van der Waals surface area contributed by atoms with Gasteiger partial charge in [-0.05, 0) is 26.3 Å². The van der Waals surface area contributed by atoms with Crippen LogP contribution in [0.2, 0.25) is 0 Å². The molecule has 0 radical (unpaired) electrons. The summed E-state index contributed by atoms with van der Waals surface area (Å²) in [5.74, 6) is -1.34. The fourth-order valence-electron chi connectivity index (χ4n) is 1.92. The number of nitrogens with zero attached hydrogens (tertiary/aromatic N) is 1. The molecule has 0 fully saturated rings. The SMILES string of the molecule is CCOC(=O)c1[nH]c(C)c(/C(=N/NC(N)=O)C(=O)OC)c1C. The predicted molar refractivity (Wildman–Crippen MR) is 77.5 cm³/mol. The number of hydrogen-bond acceptors (Lipinski definition) is 6. The highest BCUT2D eigenvalue weighted by atomic mass is 16.5. The fourth-order valence-corrected chi connectivity index (χ4v) is 1.92. The number of ether oxygens (including phenoxy) is 2. The number of aromatic nitrogens is 1. The van der Waals surface area contributed by atoms with Crippen LogP contribution in [0.3, 0.4) is 0 Å². The Labute approximate surface area is 126 Å². The number of hydrogen-bond donors (Lipinski definition) is 3. The van der Waals surface area contributed by atoms with Gasteiger partial charge in [-0.15, -0.1) is 0 Å². The highest BCUT2D eigenvalue weighted by Gasteiger charge is 2.26. The summed E-state index contributed by atoms with van der Waals surface area (Å²) in [4.78, 5) is 37.3. The molecule has 0 aliphatic carbocycles. The molecule has 1 aromatic rings. The van der Waals surface area contributed by atoms with Crippen molar-refractivity contribution in [1.82, 2.24) is 10.4 Å². The van der Waals surface area contributed by atoms with Crippen LogP contribution in [-0.4, -0.2) is 42.4 Å². The lowest BCUT2D eigenvalue weighted by molar-refractivity contribution is -0.132. The lowest BCUT2D eigenvalue weighted by atomic mass is 10.1. The molecule has 0 saturated heterocycles. The average Bonchev–Trinajstić information content (AvgIpc) is 2.75. The number of amides is 2. The standard InChI is InChI=1S/C13H18N4O5/c1-5-22-12(19)9-6(2)8(7(3)15-9)10(11(18)21-4)16-17-13(14)20/h15H,5H2,1-4H3,(H3,14,17,20)/b16-10-. The van der Waals surface area contributed by atoms with Crippen LogP contribution < -0.4 is 11.2 Å². The number of hydrazone groups is 1. The molecule has 120 valence electrons. The van der Waals surface area contributed by atoms with E-state index in [0.717, 1.165) is 0 Å². The topological polar surface area (TPSA) is 136 Å². The van der Waals surface area contributed by atoms with Crippen LogP contribution in [0.15, 0.2) is 5.10 Å². The van der Waals surface area contributed by atoms with Gasteiger partial charge in [0.2, 0.25) is 0 Å². The van der Waals surface area contributed by atoms with Gasteiger partial charge in [-0.25, -0.2) is 19.8 Å². The molecular formula is C13H18N4O5. The lowest BCUT2D eigenvalue weighted by Crippen LogP contribution is -2.29. The zero-order valence-corrected chi connectivity index (χ0v) is 12.8. The Morgan fingerprint density at radius 1 is 1.32 bits per heavy atom. The monoisotopic (exact) mass is 310 g/mol. The number of nitrogens with one attached hydrogen (secondary N) is 2. The van der Waals surface area contributed by atoms with Crippen LogP contribution in [0, 0.1) is 13.8 Å². The van der Waals surface area contributed by atoms with E-state index in [0.29, 0.717) is 16.8 Å². The van der Waals surface area contributed by atoms with E-state index in [9.17, 15) is 14.4 Å². The van der Waals surface area contributed by atoms with Crippen molar-refractivity contribution in [2.75, 3.05) is 13.7 Å². The number of carbonyl (C=O) groups is 3. The average molecular weight is 310 g/mol. The first kappa shape index (κ1) is 17.2. The van der Waals surface area contributed by atoms with Gasteiger partial charge in [0, 0.05) is 11.3 Å². The molecule has 0 bridgehead atoms. The molecule has 9 heteroatoms. The summed E-state index contributed by atoms with van der Waals surface area (Å²) in [6.45, 7) is 5.16. The molecule has 22 heavy (non-hydrogen) atoms. The third kappa shape index (κ3) is 3.62. The molecule has 0 aliphatic rings. The number of rotatable bonds is 5. The molecule has 0 aromatic carbocycles. The van der Waals surface area contributed by atoms with E-state index in [1.54, 1.807) is 20.8 Å². The van der Waals surface area contributed by atoms with Gasteiger partial charge in [-0.1, -0.05) is 0 Å². The zero-order chi connectivity index (χ0) is 16.9. The molecule has 2 amide bonds. The van der Waals surface area contributed by atoms with Crippen molar-refractivity contribution < 1.29 is 23.9 Å². The maximum absolute atomic E-state index is 11.9. The van der Waals surface area contributed by atoms with Crippen LogP contribution in [0.4, 0.5) is 4.79 Å². The summed E-state index contributed by atoms with van der Waals surface area (Å²) in [5.41, 5.74) is 8.22. The van der Waals surface area contributed by atoms with Gasteiger partial charge in [0.15, 0.2) is 5.71 Å². The fraction of sp³-hybridized carbons (Fsp3) is 0.385. The van der Waals surface area contributed by atoms with Crippen LogP contribution in [0.1, 0.15) is 34.2 Å². The van der Waals surface area contributed by atoms with Gasteiger partial charge in [-0.3, -0.25) is 0 Å². The number of H-pyrrole nitrogens is 1. The Balaban J connectivity index is 3.37. The molecule has 1 rings (SSSR count). The summed E-state index contributed by atoms with van der Waals surface area (Å²) in [7, 11) is 1.17. The van der Waals surface area contributed by atoms with E-state index in [1.807, 2.05) is 5.43 Å². The summed E-state index contributed by atoms with van der Waals surface area (Å²) in [6, 6.07) is -0.933. The van der Waals surface area contributed by atoms with Crippen molar-refractivity contribution in [3.05, 3.63) is 22.5 Å². The zero-order valence-electron chi connectivity index (χ0n) is 12.8. The maximum Gasteiger partial charge on any atom is 0.359 e. The molecule has 1 aromatic heterocycles. The molecule has 1 heterocycles. The van der Waals surface area contributed by atoms with Crippen LogP contribution in [0.5, 0.6) is 0 Å². The van der Waals surface area contributed by atoms with Crippen LogP contribution >= 0.6 is 0 Å². The Kier molecular flexibility index (Phi) is 5.67. The molecule has 9 nitrogen and oxygen atoms in total. The second kappa shape index (κ2) is 7.25. The van der Waals surface area contributed by atoms with E-state index in [1.165, 1.54) is 7.11 Å². The van der Waals surface area contributed by atoms with Gasteiger partial charge < -0.3 is 20.2 Å². The second-order valence-electron chi connectivity index (χ2n) is 4.27. The quantitative estimate of drug-likeness (QED) is 0.409. The first-order chi connectivity index (χ1) is 10.3. The number of methoxy groups -OCH3 is 1. The molecule has 4 N–H and O–H groups in total. The minimum absolute atomic E-state index is 0.178. The first-order valence-electron chi connectivity index (χ1n) is 6.41. The van der Waals surface area contributed by atoms with Crippen molar-refractivity contribution in [1.29, 1.82) is 0 Å². The normalized spacial score (nSPS) is 11.0. The Morgan fingerprint density at radius 2 is 1.95 bits per heavy atom. The summed E-state index contributed by atoms with van der Waals surface area (Å²) in [5, 5.41) is 3.65. The van der Waals surface area contributed by atoms with Gasteiger partial charge in [0.1, 0.15) is 5.69 Å². The van der Waals surface area contributed by atoms with E-state index in [-0.39, 0.29) is 18.0 Å². The van der Waals surface area contributed by atoms with Crippen LogP contribution in [0.25, 0.3) is 0 Å². The van der Waals surface area contributed by atoms with E-state index >= 15 is 0 Å². The van der Waals surface area contributed by atoms with E-state index in [2.05, 4.69) is 14.8 Å². The number of aryl methyl sites for hydroxylation is 1. The predicted octanol–water partition coefficient (Wildman–Crippen LogP) is 0.354. The van der Waals surface area contributed by atoms with Gasteiger partial charge in [0.05, 0.1) is 13.7 Å². The Bertz CT molecular complexity index is 633. The number of esters is 2. The van der Waals surface area contributed by atoms with Gasteiger partial charge in [-0.2, -0.15) is 5.10 Å². The van der Waals surface area contributed by atoms with Crippen molar-refractivity contribution >= 4 is 23.7 Å². The number of carbonyl (C=O) groups excluding carboxylic acids is 3. The maximum atomic E-state index is 11.9. The van der Waals surface area contributed by atoms with Crippen molar-refractivity contribution in [2.45, 2.75) is 20.8 Å². The van der Waals surface area contributed by atoms with Crippen molar-refractivity contribution in [3.8, 4) is 0 Å². The van der Waals surface area contributed by atoms with Crippen molar-refractivity contribution in [2.24, 2.45) is 10.8 Å². The number of primary amides is 1. The third-order valence-corrected chi connectivity index (χ3v) is 2.81. The summed E-state index contributed by atoms with van der Waals surface area (Å²) < 4.78 is 9.56. The molecular weight excluding hydrogens is 292 g/mol. The highest BCUT2D eigenvalue weighted by molar-refractivity contribution is 6.44. The second-order valence-corrected chi connectivity index (χ2v) is 4.27. The summed E-state index contributed by atoms with van der Waals surface area (Å²) >= 11 is 0. The number of nitrogens with two attached hydrogens (primary N) is 1. The van der Waals surface area contributed by atoms with E-state index < -0.39 is 18.0 Å². The lowest BCUT2D eigenvalue weighted by Gasteiger charge is -2.06. The van der Waals surface area contributed by atoms with Gasteiger partial charge >= 0.3 is 18.0 Å². The largest absolute Gasteiger partial charge is 0.464 e.